The van der Waals surface area contributed by atoms with Crippen molar-refractivity contribution in [1.29, 1.82) is 0 Å². The van der Waals surface area contributed by atoms with Crippen LogP contribution in [0.3, 0.4) is 0 Å². The molecule has 3 nitrogen and oxygen atoms in total. The van der Waals surface area contributed by atoms with E-state index in [-0.39, 0.29) is 11.8 Å². The minimum absolute atomic E-state index is 0.164. The molecule has 1 heterocycles. The Balaban J connectivity index is 1.94. The average Bonchev–Trinajstić information content (AvgIpc) is 2.96. The van der Waals surface area contributed by atoms with Crippen molar-refractivity contribution in [2.75, 3.05) is 0 Å². The SMILES string of the molecule is O=C(O)C1CC1/C=C/c1cccnc1. The van der Waals surface area contributed by atoms with Crippen LogP contribution in [-0.4, -0.2) is 16.1 Å². The Morgan fingerprint density at radius 2 is 2.50 bits per heavy atom. The molecule has 14 heavy (non-hydrogen) atoms. The van der Waals surface area contributed by atoms with Gasteiger partial charge in [-0.3, -0.25) is 9.78 Å². The molecule has 0 aromatic carbocycles. The van der Waals surface area contributed by atoms with Crippen LogP contribution in [0.5, 0.6) is 0 Å². The smallest absolute Gasteiger partial charge is 0.307 e. The summed E-state index contributed by atoms with van der Waals surface area (Å²) < 4.78 is 0. The zero-order valence-corrected chi connectivity index (χ0v) is 7.63. The maximum atomic E-state index is 10.5. The lowest BCUT2D eigenvalue weighted by atomic mass is 10.2. The molecule has 0 amide bonds. The van der Waals surface area contributed by atoms with E-state index in [0.29, 0.717) is 0 Å². The van der Waals surface area contributed by atoms with Crippen molar-refractivity contribution in [3.63, 3.8) is 0 Å². The number of rotatable bonds is 3. The highest BCUT2D eigenvalue weighted by atomic mass is 16.4. The zero-order chi connectivity index (χ0) is 9.97. The molecule has 0 saturated heterocycles. The molecule has 1 fully saturated rings. The summed E-state index contributed by atoms with van der Waals surface area (Å²) in [5, 5.41) is 8.67. The molecule has 0 spiro atoms. The van der Waals surface area contributed by atoms with Gasteiger partial charge in [0.2, 0.25) is 0 Å². The number of hydrogen-bond donors (Lipinski definition) is 1. The summed E-state index contributed by atoms with van der Waals surface area (Å²) in [7, 11) is 0. The monoisotopic (exact) mass is 189 g/mol. The summed E-state index contributed by atoms with van der Waals surface area (Å²) in [6.45, 7) is 0. The van der Waals surface area contributed by atoms with E-state index >= 15 is 0 Å². The lowest BCUT2D eigenvalue weighted by Gasteiger charge is -1.90. The predicted molar refractivity (Wildman–Crippen MR) is 52.5 cm³/mol. The molecule has 0 bridgehead atoms. The van der Waals surface area contributed by atoms with Gasteiger partial charge in [-0.25, -0.2) is 0 Å². The van der Waals surface area contributed by atoms with Gasteiger partial charge in [0.15, 0.2) is 0 Å². The first-order valence-corrected chi connectivity index (χ1v) is 4.58. The van der Waals surface area contributed by atoms with Gasteiger partial charge in [0.1, 0.15) is 0 Å². The van der Waals surface area contributed by atoms with Crippen LogP contribution < -0.4 is 0 Å². The second-order valence-corrected chi connectivity index (χ2v) is 3.49. The van der Waals surface area contributed by atoms with E-state index in [4.69, 9.17) is 5.11 Å². The highest BCUT2D eigenvalue weighted by molar-refractivity contribution is 5.74. The third-order valence-corrected chi connectivity index (χ3v) is 2.38. The summed E-state index contributed by atoms with van der Waals surface area (Å²) in [5.74, 6) is -0.638. The fourth-order valence-electron chi connectivity index (χ4n) is 1.42. The van der Waals surface area contributed by atoms with Crippen LogP contribution in [0.2, 0.25) is 0 Å². The van der Waals surface area contributed by atoms with Crippen LogP contribution >= 0.6 is 0 Å². The normalized spacial score (nSPS) is 25.1. The Labute approximate surface area is 82.1 Å². The number of hydrogen-bond acceptors (Lipinski definition) is 2. The summed E-state index contributed by atoms with van der Waals surface area (Å²) in [5.41, 5.74) is 1.02. The first kappa shape index (κ1) is 8.94. The Kier molecular flexibility index (Phi) is 2.31. The molecule has 1 N–H and O–H groups in total. The Hall–Kier alpha value is -1.64. The van der Waals surface area contributed by atoms with Crippen LogP contribution in [0, 0.1) is 11.8 Å². The summed E-state index contributed by atoms with van der Waals surface area (Å²) in [6.07, 6.45) is 8.13. The highest BCUT2D eigenvalue weighted by Gasteiger charge is 2.40. The number of pyridine rings is 1. The zero-order valence-electron chi connectivity index (χ0n) is 7.63. The van der Waals surface area contributed by atoms with E-state index < -0.39 is 5.97 Å². The number of nitrogens with zero attached hydrogens (tertiary/aromatic N) is 1. The van der Waals surface area contributed by atoms with Gasteiger partial charge in [-0.05, 0) is 24.0 Å². The van der Waals surface area contributed by atoms with Crippen LogP contribution in [0.15, 0.2) is 30.6 Å². The number of carbonyl (C=O) groups is 1. The van der Waals surface area contributed by atoms with E-state index in [1.165, 1.54) is 0 Å². The van der Waals surface area contributed by atoms with Crippen molar-refractivity contribution >= 4 is 12.0 Å². The lowest BCUT2D eigenvalue weighted by molar-refractivity contribution is -0.138. The van der Waals surface area contributed by atoms with Gasteiger partial charge >= 0.3 is 5.97 Å². The molecule has 2 rings (SSSR count). The van der Waals surface area contributed by atoms with Crippen molar-refractivity contribution in [1.82, 2.24) is 4.98 Å². The molecular weight excluding hydrogens is 178 g/mol. The minimum atomic E-state index is -0.689. The fraction of sp³-hybridized carbons (Fsp3) is 0.273. The Bertz CT molecular complexity index is 359. The van der Waals surface area contributed by atoms with Gasteiger partial charge in [0.05, 0.1) is 5.92 Å². The van der Waals surface area contributed by atoms with Gasteiger partial charge < -0.3 is 5.11 Å². The third kappa shape index (κ3) is 1.99. The minimum Gasteiger partial charge on any atom is -0.481 e. The maximum Gasteiger partial charge on any atom is 0.307 e. The molecule has 1 aromatic heterocycles. The molecule has 72 valence electrons. The molecule has 1 aromatic rings. The molecule has 2 unspecified atom stereocenters. The van der Waals surface area contributed by atoms with Crippen LogP contribution in [0.4, 0.5) is 0 Å². The topological polar surface area (TPSA) is 50.2 Å². The number of aliphatic carboxylic acids is 1. The molecule has 2 atom stereocenters. The molecule has 3 heteroatoms. The third-order valence-electron chi connectivity index (χ3n) is 2.38. The quantitative estimate of drug-likeness (QED) is 0.788. The van der Waals surface area contributed by atoms with Gasteiger partial charge in [-0.1, -0.05) is 18.2 Å². The first-order valence-electron chi connectivity index (χ1n) is 4.58. The molecule has 1 aliphatic carbocycles. The van der Waals surface area contributed by atoms with Crippen LogP contribution in [0.1, 0.15) is 12.0 Å². The summed E-state index contributed by atoms with van der Waals surface area (Å²) in [6, 6.07) is 3.81. The van der Waals surface area contributed by atoms with Crippen molar-refractivity contribution in [2.45, 2.75) is 6.42 Å². The largest absolute Gasteiger partial charge is 0.481 e. The van der Waals surface area contributed by atoms with Gasteiger partial charge in [0.25, 0.3) is 0 Å². The Morgan fingerprint density at radius 3 is 3.07 bits per heavy atom. The molecular formula is C11H11NO2. The van der Waals surface area contributed by atoms with Crippen LogP contribution in [0.25, 0.3) is 6.08 Å². The number of carboxylic acids is 1. The molecule has 1 saturated carbocycles. The van der Waals surface area contributed by atoms with Crippen molar-refractivity contribution in [3.05, 3.63) is 36.2 Å². The second kappa shape index (κ2) is 3.62. The van der Waals surface area contributed by atoms with E-state index in [2.05, 4.69) is 4.98 Å². The number of carboxylic acid groups (broad SMARTS) is 1. The van der Waals surface area contributed by atoms with E-state index in [0.717, 1.165) is 12.0 Å². The second-order valence-electron chi connectivity index (χ2n) is 3.49. The van der Waals surface area contributed by atoms with Crippen molar-refractivity contribution in [2.24, 2.45) is 11.8 Å². The number of aromatic nitrogens is 1. The maximum absolute atomic E-state index is 10.5. The van der Waals surface area contributed by atoms with E-state index in [9.17, 15) is 4.79 Å². The van der Waals surface area contributed by atoms with Crippen molar-refractivity contribution < 1.29 is 9.90 Å². The number of allylic oxidation sites excluding steroid dienone is 1. The molecule has 0 radical (unpaired) electrons. The summed E-state index contributed by atoms with van der Waals surface area (Å²) in [4.78, 5) is 14.5. The summed E-state index contributed by atoms with van der Waals surface area (Å²) >= 11 is 0. The fourth-order valence-corrected chi connectivity index (χ4v) is 1.42. The standard InChI is InChI=1S/C11H11NO2/c13-11(14)10-6-9(10)4-3-8-2-1-5-12-7-8/h1-5,7,9-10H,6H2,(H,13,14)/b4-3+. The van der Waals surface area contributed by atoms with E-state index in [1.807, 2.05) is 24.3 Å². The molecule has 1 aliphatic rings. The van der Waals surface area contributed by atoms with Gasteiger partial charge in [-0.2, -0.15) is 0 Å². The average molecular weight is 189 g/mol. The first-order chi connectivity index (χ1) is 6.77. The highest BCUT2D eigenvalue weighted by Crippen LogP contribution is 2.40. The Morgan fingerprint density at radius 1 is 1.64 bits per heavy atom. The molecule has 0 aliphatic heterocycles. The van der Waals surface area contributed by atoms with Gasteiger partial charge in [0, 0.05) is 12.4 Å². The van der Waals surface area contributed by atoms with Crippen LogP contribution in [-0.2, 0) is 4.79 Å². The predicted octanol–water partition coefficient (Wildman–Crippen LogP) is 1.82. The van der Waals surface area contributed by atoms with Gasteiger partial charge in [-0.15, -0.1) is 0 Å². The lowest BCUT2D eigenvalue weighted by Crippen LogP contribution is -1.97. The van der Waals surface area contributed by atoms with Crippen molar-refractivity contribution in [3.8, 4) is 0 Å². The van der Waals surface area contributed by atoms with E-state index in [1.54, 1.807) is 12.4 Å².